The van der Waals surface area contributed by atoms with Crippen molar-refractivity contribution in [1.82, 2.24) is 0 Å². The average molecular weight is 496 g/mol. The molecule has 0 unspecified atom stereocenters. The first-order valence-electron chi connectivity index (χ1n) is 11.7. The van der Waals surface area contributed by atoms with Gasteiger partial charge in [0.25, 0.3) is 0 Å². The number of benzene rings is 4. The molecule has 0 aliphatic heterocycles. The molecule has 5 rings (SSSR count). The number of hydrogen-bond acceptors (Lipinski definition) is 2. The molecule has 0 spiro atoms. The van der Waals surface area contributed by atoms with E-state index in [1.54, 1.807) is 0 Å². The van der Waals surface area contributed by atoms with Gasteiger partial charge in [-0.25, -0.2) is 0 Å². The summed E-state index contributed by atoms with van der Waals surface area (Å²) in [7, 11) is -5.21. The minimum Gasteiger partial charge on any atom is -0.389 e. The Hall–Kier alpha value is -2.70. The van der Waals surface area contributed by atoms with Crippen molar-refractivity contribution in [3.8, 4) is 0 Å². The van der Waals surface area contributed by atoms with E-state index in [2.05, 4.69) is 66.7 Å². The van der Waals surface area contributed by atoms with Gasteiger partial charge in [0.1, 0.15) is 7.57 Å². The average Bonchev–Trinajstić information content (AvgIpc) is 2.94. The molecule has 35 heavy (non-hydrogen) atoms. The van der Waals surface area contributed by atoms with Crippen LogP contribution in [0.3, 0.4) is 0 Å². The van der Waals surface area contributed by atoms with Gasteiger partial charge >= 0.3 is 0 Å². The lowest BCUT2D eigenvalue weighted by molar-refractivity contribution is 0.204. The van der Waals surface area contributed by atoms with E-state index in [4.69, 9.17) is 0 Å². The Balaban J connectivity index is 1.79. The maximum atomic E-state index is 15.5. The van der Waals surface area contributed by atoms with Gasteiger partial charge in [-0.1, -0.05) is 104 Å². The summed E-state index contributed by atoms with van der Waals surface area (Å²) < 4.78 is 15.5. The van der Waals surface area contributed by atoms with Crippen molar-refractivity contribution in [2.24, 2.45) is 0 Å². The molecule has 1 aliphatic rings. The second kappa shape index (κ2) is 10.1. The molecular weight excluding hydrogens is 465 g/mol. The Morgan fingerprint density at radius 2 is 1.06 bits per heavy atom. The van der Waals surface area contributed by atoms with Crippen LogP contribution in [-0.2, 0) is 4.57 Å². The zero-order chi connectivity index (χ0) is 24.3. The highest BCUT2D eigenvalue weighted by atomic mass is 31.2. The normalized spacial score (nSPS) is 18.6. The van der Waals surface area contributed by atoms with Crippen LogP contribution >= 0.6 is 14.3 Å². The molecule has 2 atom stereocenters. The molecule has 1 N–H and O–H groups in total. The molecule has 4 aromatic carbocycles. The van der Waals surface area contributed by atoms with Crippen molar-refractivity contribution in [2.75, 3.05) is 0 Å². The molecule has 4 aromatic rings. The Labute approximate surface area is 209 Å². The molecule has 0 amide bonds. The van der Waals surface area contributed by atoms with E-state index in [1.165, 1.54) is 15.9 Å². The summed E-state index contributed by atoms with van der Waals surface area (Å²) in [5.74, 6) is 0. The van der Waals surface area contributed by atoms with Gasteiger partial charge in [0.05, 0.1) is 22.4 Å². The summed E-state index contributed by atoms with van der Waals surface area (Å²) >= 11 is 0. The van der Waals surface area contributed by atoms with E-state index in [0.29, 0.717) is 6.42 Å². The molecule has 176 valence electrons. The van der Waals surface area contributed by atoms with Crippen LogP contribution in [0.15, 0.2) is 133 Å². The lowest BCUT2D eigenvalue weighted by atomic mass is 10.0. The molecular formula is C30H31BO2P2. The molecule has 5 heteroatoms. The topological polar surface area (TPSA) is 37.3 Å². The van der Waals surface area contributed by atoms with Crippen molar-refractivity contribution < 1.29 is 9.67 Å². The molecule has 2 nitrogen and oxygen atoms in total. The van der Waals surface area contributed by atoms with E-state index >= 15 is 4.57 Å². The van der Waals surface area contributed by atoms with Crippen molar-refractivity contribution >= 4 is 43.1 Å². The highest BCUT2D eigenvalue weighted by Crippen LogP contribution is 2.68. The van der Waals surface area contributed by atoms with Gasteiger partial charge < -0.3 is 9.67 Å². The van der Waals surface area contributed by atoms with Gasteiger partial charge in [0.2, 0.25) is 0 Å². The fourth-order valence-corrected chi connectivity index (χ4v) is 11.5. The van der Waals surface area contributed by atoms with Crippen molar-refractivity contribution in [1.29, 1.82) is 0 Å². The Morgan fingerprint density at radius 1 is 0.657 bits per heavy atom. The predicted molar refractivity (Wildman–Crippen MR) is 156 cm³/mol. The van der Waals surface area contributed by atoms with E-state index in [1.807, 2.05) is 60.7 Å². The molecule has 1 aliphatic carbocycles. The molecule has 0 saturated heterocycles. The number of rotatable bonds is 6. The maximum Gasteiger partial charge on any atom is 0.153 e. The zero-order valence-corrected chi connectivity index (χ0v) is 20.7. The molecule has 0 saturated carbocycles. The highest BCUT2D eigenvalue weighted by molar-refractivity contribution is 8.11. The van der Waals surface area contributed by atoms with Crippen molar-refractivity contribution in [3.63, 3.8) is 0 Å². The molecule has 0 bridgehead atoms. The second-order valence-electron chi connectivity index (χ2n) is 8.59. The van der Waals surface area contributed by atoms with Gasteiger partial charge in [-0.05, 0) is 43.2 Å². The summed E-state index contributed by atoms with van der Waals surface area (Å²) in [6.07, 6.45) is 2.97. The van der Waals surface area contributed by atoms with Gasteiger partial charge in [0, 0.05) is 15.9 Å². The lowest BCUT2D eigenvalue weighted by Gasteiger charge is -2.42. The monoisotopic (exact) mass is 496 g/mol. The summed E-state index contributed by atoms with van der Waals surface area (Å²) in [5.41, 5.74) is -0.123. The third-order valence-corrected chi connectivity index (χ3v) is 12.8. The highest BCUT2D eigenvalue weighted by Gasteiger charge is 2.49. The lowest BCUT2D eigenvalue weighted by Crippen LogP contribution is -2.36. The minimum atomic E-state index is -3.03. The smallest absolute Gasteiger partial charge is 0.153 e. The zero-order valence-electron chi connectivity index (χ0n) is 18.9. The standard InChI is InChI=1S/C30H31BO2P2/c31-34(25-13-5-1-6-14-25,26-15-7-2-8-16-26)30-23-24(32)21-22-29(30)35(33,27-17-9-3-10-18-27)28-19-11-4-12-20-28/h1-20,23-24,29,32H,21-22H2,31H3/t24-,29+/m0/s1. The summed E-state index contributed by atoms with van der Waals surface area (Å²) in [5, 5.41) is 16.7. The fraction of sp³-hybridized carbons (Fsp3) is 0.133. The van der Waals surface area contributed by atoms with Gasteiger partial charge in [0.15, 0.2) is 7.14 Å². The largest absolute Gasteiger partial charge is 0.389 e. The van der Waals surface area contributed by atoms with Crippen LogP contribution < -0.4 is 21.2 Å². The van der Waals surface area contributed by atoms with E-state index in [0.717, 1.165) is 17.0 Å². The predicted octanol–water partition coefficient (Wildman–Crippen LogP) is 4.36. The van der Waals surface area contributed by atoms with Crippen LogP contribution in [0, 0.1) is 0 Å². The third-order valence-electron chi connectivity index (χ3n) is 6.45. The van der Waals surface area contributed by atoms with Crippen molar-refractivity contribution in [3.05, 3.63) is 133 Å². The molecule has 0 fully saturated rings. The number of aliphatic hydroxyl groups excluding tert-OH is 1. The Kier molecular flexibility index (Phi) is 6.94. The SMILES string of the molecule is [BH3-][P+](C1=C[C@@H](O)CC[C@H]1P(=O)(c1ccccc1)c1ccccc1)(c1ccccc1)c1ccccc1. The number of aliphatic hydroxyl groups is 1. The van der Waals surface area contributed by atoms with Crippen LogP contribution in [0.25, 0.3) is 0 Å². The number of hydrogen-bond donors (Lipinski definition) is 1. The first-order valence-corrected chi connectivity index (χ1v) is 14.8. The van der Waals surface area contributed by atoms with Gasteiger partial charge in [-0.15, -0.1) is 0 Å². The Bertz CT molecular complexity index is 1260. The van der Waals surface area contributed by atoms with Gasteiger partial charge in [-0.2, -0.15) is 0 Å². The summed E-state index contributed by atoms with van der Waals surface area (Å²) in [6, 6.07) is 41.7. The fourth-order valence-electron chi connectivity index (χ4n) is 4.87. The van der Waals surface area contributed by atoms with E-state index < -0.39 is 20.4 Å². The second-order valence-corrected chi connectivity index (χ2v) is 13.8. The van der Waals surface area contributed by atoms with Crippen LogP contribution in [0.2, 0.25) is 0 Å². The first-order chi connectivity index (χ1) is 17.0. The summed E-state index contributed by atoms with van der Waals surface area (Å²) in [4.78, 5) is 0. The minimum absolute atomic E-state index is 0.123. The quantitative estimate of drug-likeness (QED) is 0.318. The van der Waals surface area contributed by atoms with Crippen LogP contribution in [-0.4, -0.2) is 24.4 Å². The van der Waals surface area contributed by atoms with Gasteiger partial charge in [-0.3, -0.25) is 0 Å². The molecule has 0 heterocycles. The van der Waals surface area contributed by atoms with E-state index in [9.17, 15) is 5.11 Å². The number of allylic oxidation sites excluding steroid dienone is 1. The van der Waals surface area contributed by atoms with Crippen LogP contribution in [0.5, 0.6) is 0 Å². The summed E-state index contributed by atoms with van der Waals surface area (Å²) in [6.45, 7) is 0. The first kappa shape index (κ1) is 24.0. The van der Waals surface area contributed by atoms with Crippen LogP contribution in [0.1, 0.15) is 12.8 Å². The maximum absolute atomic E-state index is 15.5. The molecule has 0 radical (unpaired) electrons. The van der Waals surface area contributed by atoms with Crippen molar-refractivity contribution in [2.45, 2.75) is 24.6 Å². The Morgan fingerprint density at radius 3 is 1.49 bits per heavy atom. The molecule has 0 aromatic heterocycles. The third kappa shape index (κ3) is 4.38. The van der Waals surface area contributed by atoms with E-state index in [-0.39, 0.29) is 13.2 Å². The van der Waals surface area contributed by atoms with Crippen LogP contribution in [0.4, 0.5) is 0 Å².